The third-order valence-electron chi connectivity index (χ3n) is 2.23. The first-order valence-electron chi connectivity index (χ1n) is 5.20. The third-order valence-corrected chi connectivity index (χ3v) is 2.23. The van der Waals surface area contributed by atoms with E-state index < -0.39 is 6.29 Å². The van der Waals surface area contributed by atoms with Crippen molar-refractivity contribution >= 4 is 17.1 Å². The summed E-state index contributed by atoms with van der Waals surface area (Å²) in [4.78, 5) is 24.7. The Morgan fingerprint density at radius 3 is 3.06 bits per heavy atom. The van der Waals surface area contributed by atoms with Crippen molar-refractivity contribution in [1.29, 1.82) is 0 Å². The number of H-pyrrole nitrogens is 2. The largest absolute Gasteiger partial charge is 0.368 e. The monoisotopic (exact) mass is 239 g/mol. The molecule has 0 unspecified atom stereocenters. The minimum Gasteiger partial charge on any atom is -0.368 e. The number of aliphatic hydroxyl groups excluding tert-OH is 1. The van der Waals surface area contributed by atoms with Gasteiger partial charge in [0, 0.05) is 6.54 Å². The molecule has 0 bridgehead atoms. The maximum atomic E-state index is 11.5. The number of nitrogens with one attached hydrogen (secondary N) is 3. The second-order valence-electron chi connectivity index (χ2n) is 3.57. The summed E-state index contributed by atoms with van der Waals surface area (Å²) in [6, 6.07) is 0. The van der Waals surface area contributed by atoms with E-state index >= 15 is 0 Å². The van der Waals surface area contributed by atoms with E-state index in [2.05, 4.69) is 25.3 Å². The zero-order chi connectivity index (χ0) is 12.3. The molecule has 2 aromatic heterocycles. The van der Waals surface area contributed by atoms with Gasteiger partial charge in [0.1, 0.15) is 0 Å². The molecule has 0 atom stereocenters. The highest BCUT2D eigenvalue weighted by Gasteiger charge is 2.05. The maximum absolute atomic E-state index is 11.5. The van der Waals surface area contributed by atoms with E-state index in [0.717, 1.165) is 0 Å². The van der Waals surface area contributed by atoms with Gasteiger partial charge in [-0.1, -0.05) is 0 Å². The normalized spacial score (nSPS) is 11.2. The SMILES string of the molecule is O=c1[nH]c(NCCCC(O)O)nc2nc[nH]c12. The number of aromatic nitrogens is 4. The van der Waals surface area contributed by atoms with Crippen LogP contribution in [0, 0.1) is 0 Å². The van der Waals surface area contributed by atoms with Crippen LogP contribution in [0.25, 0.3) is 11.2 Å². The molecule has 8 nitrogen and oxygen atoms in total. The molecule has 0 saturated heterocycles. The molecule has 5 N–H and O–H groups in total. The number of fused-ring (bicyclic) bond motifs is 1. The highest BCUT2D eigenvalue weighted by Crippen LogP contribution is 2.03. The van der Waals surface area contributed by atoms with E-state index in [1.807, 2.05) is 0 Å². The van der Waals surface area contributed by atoms with Crippen LogP contribution in [-0.4, -0.2) is 43.0 Å². The Hall–Kier alpha value is -1.93. The van der Waals surface area contributed by atoms with Crippen LogP contribution in [0.3, 0.4) is 0 Å². The number of anilines is 1. The van der Waals surface area contributed by atoms with Crippen LogP contribution in [0.15, 0.2) is 11.1 Å². The molecule has 0 aliphatic heterocycles. The minimum absolute atomic E-state index is 0.266. The summed E-state index contributed by atoms with van der Waals surface area (Å²) in [7, 11) is 0. The number of nitrogens with zero attached hydrogens (tertiary/aromatic N) is 2. The molecule has 0 fully saturated rings. The summed E-state index contributed by atoms with van der Waals surface area (Å²) in [5, 5.41) is 20.2. The number of aromatic amines is 2. The van der Waals surface area contributed by atoms with Gasteiger partial charge in [-0.05, 0) is 12.8 Å². The maximum Gasteiger partial charge on any atom is 0.278 e. The van der Waals surface area contributed by atoms with Gasteiger partial charge in [0.25, 0.3) is 5.56 Å². The summed E-state index contributed by atoms with van der Waals surface area (Å²) in [6.45, 7) is 0.483. The lowest BCUT2D eigenvalue weighted by Crippen LogP contribution is -2.15. The molecular formula is C9H13N5O3. The summed E-state index contributed by atoms with van der Waals surface area (Å²) in [6.07, 6.45) is 0.915. The van der Waals surface area contributed by atoms with Crippen molar-refractivity contribution in [2.24, 2.45) is 0 Å². The zero-order valence-electron chi connectivity index (χ0n) is 8.97. The summed E-state index contributed by atoms with van der Waals surface area (Å²) in [5.74, 6) is 0.321. The first-order valence-corrected chi connectivity index (χ1v) is 5.20. The zero-order valence-corrected chi connectivity index (χ0v) is 8.97. The van der Waals surface area contributed by atoms with Crippen LogP contribution < -0.4 is 10.9 Å². The Labute approximate surface area is 95.7 Å². The third kappa shape index (κ3) is 2.80. The minimum atomic E-state index is -1.31. The van der Waals surface area contributed by atoms with Gasteiger partial charge >= 0.3 is 0 Å². The smallest absolute Gasteiger partial charge is 0.278 e. The molecule has 2 rings (SSSR count). The lowest BCUT2D eigenvalue weighted by atomic mass is 10.3. The Morgan fingerprint density at radius 2 is 2.29 bits per heavy atom. The molecule has 2 aromatic rings. The van der Waals surface area contributed by atoms with E-state index in [1.165, 1.54) is 6.33 Å². The lowest BCUT2D eigenvalue weighted by molar-refractivity contribution is -0.0456. The number of imidazole rings is 1. The first-order chi connectivity index (χ1) is 8.16. The quantitative estimate of drug-likeness (QED) is 0.341. The summed E-state index contributed by atoms with van der Waals surface area (Å²) < 4.78 is 0. The number of hydrogen-bond donors (Lipinski definition) is 5. The Morgan fingerprint density at radius 1 is 1.47 bits per heavy atom. The van der Waals surface area contributed by atoms with Crippen molar-refractivity contribution in [2.75, 3.05) is 11.9 Å². The van der Waals surface area contributed by atoms with Crippen molar-refractivity contribution in [1.82, 2.24) is 19.9 Å². The molecule has 2 heterocycles. The van der Waals surface area contributed by atoms with Gasteiger partial charge in [0.2, 0.25) is 5.95 Å². The molecule has 0 aliphatic carbocycles. The predicted octanol–water partition coefficient (Wildman–Crippen LogP) is -0.851. The molecule has 8 heteroatoms. The molecule has 17 heavy (non-hydrogen) atoms. The first kappa shape index (κ1) is 11.6. The molecular weight excluding hydrogens is 226 g/mol. The highest BCUT2D eigenvalue weighted by molar-refractivity contribution is 5.69. The fourth-order valence-corrected chi connectivity index (χ4v) is 1.42. The summed E-state index contributed by atoms with van der Waals surface area (Å²) in [5.41, 5.74) is 0.386. The molecule has 0 aliphatic rings. The van der Waals surface area contributed by atoms with E-state index in [1.54, 1.807) is 0 Å². The van der Waals surface area contributed by atoms with Gasteiger partial charge in [0.15, 0.2) is 17.5 Å². The van der Waals surface area contributed by atoms with Crippen molar-refractivity contribution in [3.05, 3.63) is 16.7 Å². The average molecular weight is 239 g/mol. The average Bonchev–Trinajstić information content (AvgIpc) is 2.72. The van der Waals surface area contributed by atoms with E-state index in [0.29, 0.717) is 30.1 Å². The van der Waals surface area contributed by atoms with Crippen molar-refractivity contribution < 1.29 is 10.2 Å². The fourth-order valence-electron chi connectivity index (χ4n) is 1.42. The van der Waals surface area contributed by atoms with Gasteiger partial charge < -0.3 is 20.5 Å². The van der Waals surface area contributed by atoms with Crippen LogP contribution in [0.4, 0.5) is 5.95 Å². The molecule has 0 aromatic carbocycles. The Balaban J connectivity index is 2.01. The van der Waals surface area contributed by atoms with E-state index in [4.69, 9.17) is 10.2 Å². The number of hydrogen-bond acceptors (Lipinski definition) is 6. The summed E-state index contributed by atoms with van der Waals surface area (Å²) >= 11 is 0. The predicted molar refractivity (Wildman–Crippen MR) is 60.5 cm³/mol. The molecule has 0 amide bonds. The second kappa shape index (κ2) is 4.93. The molecule has 0 radical (unpaired) electrons. The van der Waals surface area contributed by atoms with Crippen molar-refractivity contribution in [2.45, 2.75) is 19.1 Å². The Kier molecular flexibility index (Phi) is 3.35. The van der Waals surface area contributed by atoms with Crippen LogP contribution in [0.2, 0.25) is 0 Å². The van der Waals surface area contributed by atoms with Crippen LogP contribution in [0.1, 0.15) is 12.8 Å². The van der Waals surface area contributed by atoms with Gasteiger partial charge in [0.05, 0.1) is 6.33 Å². The second-order valence-corrected chi connectivity index (χ2v) is 3.57. The number of aliphatic hydroxyl groups is 2. The van der Waals surface area contributed by atoms with Crippen molar-refractivity contribution in [3.63, 3.8) is 0 Å². The van der Waals surface area contributed by atoms with Crippen LogP contribution >= 0.6 is 0 Å². The van der Waals surface area contributed by atoms with Crippen molar-refractivity contribution in [3.8, 4) is 0 Å². The van der Waals surface area contributed by atoms with Gasteiger partial charge in [-0.3, -0.25) is 9.78 Å². The van der Waals surface area contributed by atoms with Gasteiger partial charge in [-0.25, -0.2) is 4.98 Å². The lowest BCUT2D eigenvalue weighted by Gasteiger charge is -2.05. The molecule has 0 saturated carbocycles. The fraction of sp³-hybridized carbons (Fsp3) is 0.444. The number of rotatable bonds is 5. The molecule has 92 valence electrons. The van der Waals surface area contributed by atoms with Gasteiger partial charge in [-0.15, -0.1) is 0 Å². The highest BCUT2D eigenvalue weighted by atomic mass is 16.5. The Bertz CT molecular complexity index is 547. The molecule has 0 spiro atoms. The van der Waals surface area contributed by atoms with Gasteiger partial charge in [-0.2, -0.15) is 4.98 Å². The topological polar surface area (TPSA) is 127 Å². The van der Waals surface area contributed by atoms with Crippen LogP contribution in [0.5, 0.6) is 0 Å². The standard InChI is InChI=1S/C9H13N5O3/c15-5(16)2-1-3-10-9-13-7-6(8(17)14-9)11-4-12-7/h4-5,15-16H,1-3H2,(H3,10,11,12,13,14,17). The van der Waals surface area contributed by atoms with Crippen LogP contribution in [-0.2, 0) is 0 Å². The van der Waals surface area contributed by atoms with E-state index in [-0.39, 0.29) is 12.0 Å². The van der Waals surface area contributed by atoms with E-state index in [9.17, 15) is 4.79 Å².